The number of allylic oxidation sites excluding steroid dienone is 1. The van der Waals surface area contributed by atoms with Gasteiger partial charge < -0.3 is 9.51 Å². The summed E-state index contributed by atoms with van der Waals surface area (Å²) < 4.78 is 15.8. The summed E-state index contributed by atoms with van der Waals surface area (Å²) in [6.45, 7) is 4.02. The lowest BCUT2D eigenvalue weighted by Gasteiger charge is -2.18. The minimum Gasteiger partial charge on any atom is -0.478 e. The Balaban J connectivity index is 1.93. The van der Waals surface area contributed by atoms with Crippen molar-refractivity contribution < 1.29 is 14.3 Å². The van der Waals surface area contributed by atoms with Crippen LogP contribution in [0.25, 0.3) is 22.9 Å². The second-order valence-corrected chi connectivity index (χ2v) is 7.57. The Morgan fingerprint density at radius 2 is 1.84 bits per heavy atom. The zero-order valence-electron chi connectivity index (χ0n) is 17.9. The van der Waals surface area contributed by atoms with Gasteiger partial charge in [0.2, 0.25) is 0 Å². The highest BCUT2D eigenvalue weighted by molar-refractivity contribution is 5.99. The molecule has 5 heteroatoms. The molecule has 4 nitrogen and oxygen atoms in total. The molecule has 0 aliphatic carbocycles. The molecule has 2 heterocycles. The van der Waals surface area contributed by atoms with Crippen LogP contribution in [-0.2, 0) is 4.79 Å². The Morgan fingerprint density at radius 3 is 2.53 bits per heavy atom. The maximum atomic E-state index is 13.8. The number of hydrogen-bond donors (Lipinski definition) is 1. The van der Waals surface area contributed by atoms with E-state index in [9.17, 15) is 9.18 Å². The first-order valence-corrected chi connectivity index (χ1v) is 10.4. The van der Waals surface area contributed by atoms with Crippen LogP contribution < -0.4 is 0 Å². The van der Waals surface area contributed by atoms with Crippen LogP contribution >= 0.6 is 0 Å². The number of aromatic nitrogens is 2. The van der Waals surface area contributed by atoms with E-state index in [-0.39, 0.29) is 5.82 Å². The quantitative estimate of drug-likeness (QED) is 0.293. The van der Waals surface area contributed by atoms with Gasteiger partial charge in [0.05, 0.1) is 0 Å². The van der Waals surface area contributed by atoms with Crippen LogP contribution in [0.3, 0.4) is 0 Å². The molecule has 0 aliphatic heterocycles. The maximum absolute atomic E-state index is 13.8. The molecule has 32 heavy (non-hydrogen) atoms. The number of carboxylic acids is 1. The molecule has 0 radical (unpaired) electrons. The highest BCUT2D eigenvalue weighted by Crippen LogP contribution is 2.36. The third-order valence-corrected chi connectivity index (χ3v) is 5.46. The van der Waals surface area contributed by atoms with E-state index in [2.05, 4.69) is 11.9 Å². The van der Waals surface area contributed by atoms with E-state index in [1.165, 1.54) is 6.07 Å². The Hall–Kier alpha value is -3.99. The van der Waals surface area contributed by atoms with Gasteiger partial charge in [0.15, 0.2) is 0 Å². The second kappa shape index (κ2) is 9.02. The van der Waals surface area contributed by atoms with E-state index < -0.39 is 5.97 Å². The SMILES string of the molecule is CC/C(=C(/c1ccc(/C=C/C(=O)O)cc1)c1ccc2nccn2c1)c1ccc(F)cc1C. The van der Waals surface area contributed by atoms with E-state index in [0.29, 0.717) is 0 Å². The topological polar surface area (TPSA) is 54.6 Å². The number of aryl methyl sites for hydroxylation is 1. The molecule has 4 rings (SSSR count). The van der Waals surface area contributed by atoms with Crippen molar-refractivity contribution in [1.29, 1.82) is 0 Å². The Kier molecular flexibility index (Phi) is 5.99. The van der Waals surface area contributed by atoms with E-state index in [1.54, 1.807) is 18.3 Å². The van der Waals surface area contributed by atoms with Crippen molar-refractivity contribution in [3.05, 3.63) is 113 Å². The number of rotatable bonds is 6. The first kappa shape index (κ1) is 21.2. The number of aliphatic carboxylic acids is 1. The molecule has 4 aromatic rings. The number of nitrogens with zero attached hydrogens (tertiary/aromatic N) is 2. The van der Waals surface area contributed by atoms with Crippen molar-refractivity contribution in [2.75, 3.05) is 0 Å². The summed E-state index contributed by atoms with van der Waals surface area (Å²) in [5.41, 5.74) is 7.72. The van der Waals surface area contributed by atoms with Crippen LogP contribution in [0.4, 0.5) is 4.39 Å². The van der Waals surface area contributed by atoms with Crippen LogP contribution in [-0.4, -0.2) is 20.5 Å². The molecule has 1 N–H and O–H groups in total. The first-order chi connectivity index (χ1) is 15.5. The Labute approximate surface area is 186 Å². The zero-order chi connectivity index (χ0) is 22.7. The number of benzene rings is 2. The van der Waals surface area contributed by atoms with Crippen molar-refractivity contribution in [2.24, 2.45) is 0 Å². The number of halogens is 1. The molecule has 2 aromatic heterocycles. The lowest BCUT2D eigenvalue weighted by Crippen LogP contribution is -1.99. The van der Waals surface area contributed by atoms with Crippen LogP contribution in [0.15, 0.2) is 79.3 Å². The molecule has 2 aromatic carbocycles. The highest BCUT2D eigenvalue weighted by atomic mass is 19.1. The first-order valence-electron chi connectivity index (χ1n) is 10.4. The summed E-state index contributed by atoms with van der Waals surface area (Å²) >= 11 is 0. The summed E-state index contributed by atoms with van der Waals surface area (Å²) in [5, 5.41) is 8.88. The average molecular weight is 426 g/mol. The zero-order valence-corrected chi connectivity index (χ0v) is 17.9. The van der Waals surface area contributed by atoms with Gasteiger partial charge >= 0.3 is 5.97 Å². The summed E-state index contributed by atoms with van der Waals surface area (Å²) in [5.74, 6) is -1.24. The van der Waals surface area contributed by atoms with Crippen LogP contribution in [0.1, 0.15) is 41.2 Å². The molecule has 0 amide bonds. The summed E-state index contributed by atoms with van der Waals surface area (Å²) in [6.07, 6.45) is 9.16. The van der Waals surface area contributed by atoms with E-state index in [4.69, 9.17) is 5.11 Å². The predicted octanol–water partition coefficient (Wildman–Crippen LogP) is 6.25. The van der Waals surface area contributed by atoms with E-state index in [1.807, 2.05) is 66.2 Å². The third-order valence-electron chi connectivity index (χ3n) is 5.46. The van der Waals surface area contributed by atoms with Gasteiger partial charge in [0.1, 0.15) is 11.5 Å². The predicted molar refractivity (Wildman–Crippen MR) is 126 cm³/mol. The summed E-state index contributed by atoms with van der Waals surface area (Å²) in [6, 6.07) is 16.7. The minimum atomic E-state index is -0.983. The Bertz CT molecular complexity index is 1350. The maximum Gasteiger partial charge on any atom is 0.328 e. The van der Waals surface area contributed by atoms with Crippen LogP contribution in [0.2, 0.25) is 0 Å². The molecule has 0 saturated heterocycles. The second-order valence-electron chi connectivity index (χ2n) is 7.57. The fraction of sp³-hybridized carbons (Fsp3) is 0.111. The van der Waals surface area contributed by atoms with Crippen molar-refractivity contribution >= 4 is 28.8 Å². The Morgan fingerprint density at radius 1 is 1.09 bits per heavy atom. The number of fused-ring (bicyclic) bond motifs is 1. The average Bonchev–Trinajstić information content (AvgIpc) is 3.25. The minimum absolute atomic E-state index is 0.252. The fourth-order valence-corrected chi connectivity index (χ4v) is 3.98. The monoisotopic (exact) mass is 426 g/mol. The van der Waals surface area contributed by atoms with Gasteiger partial charge in [-0.3, -0.25) is 0 Å². The highest BCUT2D eigenvalue weighted by Gasteiger charge is 2.16. The van der Waals surface area contributed by atoms with Gasteiger partial charge in [-0.2, -0.15) is 0 Å². The van der Waals surface area contributed by atoms with Gasteiger partial charge in [-0.15, -0.1) is 0 Å². The molecular formula is C27H23FN2O2. The molecular weight excluding hydrogens is 403 g/mol. The number of hydrogen-bond acceptors (Lipinski definition) is 2. The van der Waals surface area contributed by atoms with Crippen LogP contribution in [0.5, 0.6) is 0 Å². The molecule has 0 bridgehead atoms. The molecule has 0 atom stereocenters. The molecule has 0 unspecified atom stereocenters. The van der Waals surface area contributed by atoms with E-state index >= 15 is 0 Å². The molecule has 0 aliphatic rings. The van der Waals surface area contributed by atoms with Gasteiger partial charge in [0, 0.05) is 24.7 Å². The van der Waals surface area contributed by atoms with Crippen molar-refractivity contribution in [3.63, 3.8) is 0 Å². The van der Waals surface area contributed by atoms with Crippen molar-refractivity contribution in [3.8, 4) is 0 Å². The largest absolute Gasteiger partial charge is 0.478 e. The smallest absolute Gasteiger partial charge is 0.328 e. The number of carboxylic acid groups (broad SMARTS) is 1. The fourth-order valence-electron chi connectivity index (χ4n) is 3.98. The summed E-state index contributed by atoms with van der Waals surface area (Å²) in [7, 11) is 0. The molecule has 0 saturated carbocycles. The molecule has 0 spiro atoms. The van der Waals surface area contributed by atoms with Crippen molar-refractivity contribution in [1.82, 2.24) is 9.38 Å². The van der Waals surface area contributed by atoms with Crippen molar-refractivity contribution in [2.45, 2.75) is 20.3 Å². The van der Waals surface area contributed by atoms with Gasteiger partial charge in [-0.1, -0.05) is 37.3 Å². The third kappa shape index (κ3) is 4.37. The summed E-state index contributed by atoms with van der Waals surface area (Å²) in [4.78, 5) is 15.2. The lowest BCUT2D eigenvalue weighted by molar-refractivity contribution is -0.131. The standard InChI is InChI=1S/C27H23FN2O2/c1-3-23(24-11-10-22(28)16-18(24)2)27(21-9-12-25-29-14-15-30(25)17-21)20-7-4-19(5-8-20)6-13-26(31)32/h4-17H,3H2,1-2H3,(H,31,32)/b13-6+,27-23+. The molecule has 0 fully saturated rings. The van der Waals surface area contributed by atoms with Gasteiger partial charge in [0.25, 0.3) is 0 Å². The lowest BCUT2D eigenvalue weighted by atomic mass is 9.87. The van der Waals surface area contributed by atoms with Gasteiger partial charge in [-0.25, -0.2) is 14.2 Å². The van der Waals surface area contributed by atoms with Crippen LogP contribution in [0, 0.1) is 12.7 Å². The number of pyridine rings is 1. The molecule has 160 valence electrons. The van der Waals surface area contributed by atoms with E-state index in [0.717, 1.165) is 57.1 Å². The normalized spacial score (nSPS) is 12.3. The van der Waals surface area contributed by atoms with Gasteiger partial charge in [-0.05, 0) is 82.6 Å². The number of imidazole rings is 1. The number of carbonyl (C=O) groups is 1.